The van der Waals surface area contributed by atoms with Crippen LogP contribution in [0.15, 0.2) is 35.7 Å². The molecule has 0 spiro atoms. The van der Waals surface area contributed by atoms with E-state index in [1.54, 1.807) is 17.5 Å². The summed E-state index contributed by atoms with van der Waals surface area (Å²) in [5.41, 5.74) is 1.67. The Balaban J connectivity index is 0.853. The molecule has 3 aliphatic rings. The molecule has 2 aromatic carbocycles. The van der Waals surface area contributed by atoms with E-state index in [4.69, 9.17) is 23.7 Å². The first-order valence-corrected chi connectivity index (χ1v) is 17.4. The Morgan fingerprint density at radius 3 is 2.37 bits per heavy atom. The van der Waals surface area contributed by atoms with Gasteiger partial charge >= 0.3 is 0 Å². The second kappa shape index (κ2) is 17.1. The molecule has 17 heteroatoms. The number of hydrogen-bond acceptors (Lipinski definition) is 13. The second-order valence-corrected chi connectivity index (χ2v) is 12.5. The number of aromatic nitrogens is 1. The SMILES string of the molecule is O=C1CCC(N2C(=O)c3cccc(NCCOCCOCCOCCOc4c(-c5csc(N6CCOCC6)n5)ccc(F)c4F)c3C2=O)C(=O)N1. The number of fused-ring (bicyclic) bond motifs is 1. The number of carbonyl (C=O) groups is 4. The molecular weight excluding hydrogens is 692 g/mol. The van der Waals surface area contributed by atoms with Gasteiger partial charge in [0.05, 0.1) is 69.7 Å². The molecule has 0 bridgehead atoms. The van der Waals surface area contributed by atoms with Crippen LogP contribution in [0.25, 0.3) is 11.3 Å². The second-order valence-electron chi connectivity index (χ2n) is 11.6. The van der Waals surface area contributed by atoms with Crippen molar-refractivity contribution in [3.05, 3.63) is 58.5 Å². The van der Waals surface area contributed by atoms with Crippen LogP contribution in [0.4, 0.5) is 19.6 Å². The molecule has 1 unspecified atom stereocenters. The van der Waals surface area contributed by atoms with Gasteiger partial charge in [-0.05, 0) is 30.7 Å². The Morgan fingerprint density at radius 2 is 1.63 bits per heavy atom. The molecular formula is C34H37F2N5O9S. The molecule has 272 valence electrons. The number of amides is 4. The predicted molar refractivity (Wildman–Crippen MR) is 180 cm³/mol. The van der Waals surface area contributed by atoms with Gasteiger partial charge in [0.15, 0.2) is 16.7 Å². The highest BCUT2D eigenvalue weighted by Crippen LogP contribution is 2.37. The summed E-state index contributed by atoms with van der Waals surface area (Å²) in [6, 6.07) is 6.32. The zero-order valence-electron chi connectivity index (χ0n) is 27.6. The topological polar surface area (TPSA) is 158 Å². The molecule has 14 nitrogen and oxygen atoms in total. The van der Waals surface area contributed by atoms with E-state index in [1.807, 2.05) is 0 Å². The molecule has 1 aromatic heterocycles. The summed E-state index contributed by atoms with van der Waals surface area (Å²) in [4.78, 5) is 57.6. The lowest BCUT2D eigenvalue weighted by atomic mass is 10.0. The number of anilines is 2. The van der Waals surface area contributed by atoms with Crippen molar-refractivity contribution in [3.63, 3.8) is 0 Å². The summed E-state index contributed by atoms with van der Waals surface area (Å²) in [5, 5.41) is 7.86. The smallest absolute Gasteiger partial charge is 0.264 e. The first-order valence-electron chi connectivity index (χ1n) is 16.5. The van der Waals surface area contributed by atoms with E-state index in [1.165, 1.54) is 23.5 Å². The molecule has 4 amide bonds. The zero-order chi connectivity index (χ0) is 35.7. The minimum absolute atomic E-state index is 0.0106. The van der Waals surface area contributed by atoms with Crippen LogP contribution in [-0.4, -0.2) is 119 Å². The van der Waals surface area contributed by atoms with Crippen molar-refractivity contribution in [1.29, 1.82) is 0 Å². The third-order valence-electron chi connectivity index (χ3n) is 8.35. The number of ether oxygens (including phenoxy) is 5. The van der Waals surface area contributed by atoms with Crippen molar-refractivity contribution >= 4 is 45.8 Å². The maximum absolute atomic E-state index is 14.7. The lowest BCUT2D eigenvalue weighted by molar-refractivity contribution is -0.136. The number of imide groups is 2. The Morgan fingerprint density at radius 1 is 0.902 bits per heavy atom. The molecule has 3 aliphatic heterocycles. The zero-order valence-corrected chi connectivity index (χ0v) is 28.4. The van der Waals surface area contributed by atoms with E-state index < -0.39 is 41.3 Å². The minimum atomic E-state index is -1.08. The third kappa shape index (κ3) is 8.50. The van der Waals surface area contributed by atoms with Crippen LogP contribution in [-0.2, 0) is 28.5 Å². The number of nitrogens with one attached hydrogen (secondary N) is 2. The quantitative estimate of drug-likeness (QED) is 0.155. The first kappa shape index (κ1) is 36.2. The highest BCUT2D eigenvalue weighted by atomic mass is 32.1. The van der Waals surface area contributed by atoms with E-state index in [0.29, 0.717) is 63.0 Å². The Hall–Kier alpha value is -4.55. The van der Waals surface area contributed by atoms with Gasteiger partial charge in [0.25, 0.3) is 11.8 Å². The number of piperidine rings is 1. The van der Waals surface area contributed by atoms with E-state index in [9.17, 15) is 28.0 Å². The molecule has 4 heterocycles. The summed E-state index contributed by atoms with van der Waals surface area (Å²) >= 11 is 1.42. The van der Waals surface area contributed by atoms with Gasteiger partial charge in [-0.3, -0.25) is 29.4 Å². The predicted octanol–water partition coefficient (Wildman–Crippen LogP) is 2.87. The minimum Gasteiger partial charge on any atom is -0.487 e. The first-order chi connectivity index (χ1) is 24.8. The number of halogens is 2. The highest BCUT2D eigenvalue weighted by Gasteiger charge is 2.45. The number of carbonyl (C=O) groups excluding carboxylic acids is 4. The summed E-state index contributed by atoms with van der Waals surface area (Å²) in [7, 11) is 0. The largest absolute Gasteiger partial charge is 0.487 e. The highest BCUT2D eigenvalue weighted by molar-refractivity contribution is 7.14. The fourth-order valence-electron chi connectivity index (χ4n) is 5.83. The molecule has 0 radical (unpaired) electrons. The third-order valence-corrected chi connectivity index (χ3v) is 9.25. The molecule has 2 fully saturated rings. The number of benzene rings is 2. The van der Waals surface area contributed by atoms with E-state index in [0.717, 1.165) is 16.1 Å². The van der Waals surface area contributed by atoms with E-state index in [-0.39, 0.29) is 62.8 Å². The van der Waals surface area contributed by atoms with Crippen LogP contribution < -0.4 is 20.3 Å². The average Bonchev–Trinajstić information content (AvgIpc) is 3.72. The van der Waals surface area contributed by atoms with Crippen molar-refractivity contribution in [2.24, 2.45) is 0 Å². The Bertz CT molecular complexity index is 1750. The van der Waals surface area contributed by atoms with Gasteiger partial charge in [-0.15, -0.1) is 11.3 Å². The van der Waals surface area contributed by atoms with Crippen molar-refractivity contribution in [1.82, 2.24) is 15.2 Å². The van der Waals surface area contributed by atoms with Gasteiger partial charge in [-0.25, -0.2) is 9.37 Å². The van der Waals surface area contributed by atoms with E-state index in [2.05, 4.69) is 20.5 Å². The Kier molecular flexibility index (Phi) is 12.2. The standard InChI is InChI=1S/C34H37F2N5O9S/c35-23-5-4-21(25-20-51-34(38-25)40-9-12-47-13-10-40)30(29(23)36)50-19-18-49-17-16-48-15-14-46-11-8-37-24-3-1-2-22-28(24)33(45)41(32(22)44)26-6-7-27(42)39-31(26)43/h1-5,20,26,37H,6-19H2,(H,39,42,43). The van der Waals surface area contributed by atoms with Crippen LogP contribution in [0.2, 0.25) is 0 Å². The van der Waals surface area contributed by atoms with Crippen LogP contribution in [0, 0.1) is 11.6 Å². The molecule has 0 aliphatic carbocycles. The Labute approximate surface area is 295 Å². The summed E-state index contributed by atoms with van der Waals surface area (Å²) in [5.74, 6) is -4.57. The van der Waals surface area contributed by atoms with Gasteiger partial charge < -0.3 is 33.9 Å². The van der Waals surface area contributed by atoms with Crippen LogP contribution >= 0.6 is 11.3 Å². The normalized spacial score (nSPS) is 17.6. The number of nitrogens with zero attached hydrogens (tertiary/aromatic N) is 3. The number of hydrogen-bond donors (Lipinski definition) is 2. The summed E-state index contributed by atoms with van der Waals surface area (Å²) in [6.45, 7) is 4.49. The van der Waals surface area contributed by atoms with Gasteiger partial charge in [0.1, 0.15) is 12.6 Å². The maximum atomic E-state index is 14.7. The van der Waals surface area contributed by atoms with Crippen molar-refractivity contribution < 1.29 is 51.6 Å². The van der Waals surface area contributed by atoms with Crippen LogP contribution in [0.1, 0.15) is 33.6 Å². The summed E-state index contributed by atoms with van der Waals surface area (Å²) < 4.78 is 56.4. The van der Waals surface area contributed by atoms with E-state index >= 15 is 0 Å². The number of morpholine rings is 1. The number of thiazole rings is 1. The fraction of sp³-hybridized carbons (Fsp3) is 0.441. The number of rotatable bonds is 17. The van der Waals surface area contributed by atoms with Crippen molar-refractivity contribution in [2.45, 2.75) is 18.9 Å². The average molecular weight is 730 g/mol. The van der Waals surface area contributed by atoms with Gasteiger partial charge in [-0.1, -0.05) is 6.07 Å². The molecule has 2 saturated heterocycles. The van der Waals surface area contributed by atoms with Gasteiger partial charge in [0.2, 0.25) is 17.6 Å². The lowest BCUT2D eigenvalue weighted by Gasteiger charge is -2.27. The molecule has 0 saturated carbocycles. The van der Waals surface area contributed by atoms with Gasteiger partial charge in [0, 0.05) is 42.7 Å². The maximum Gasteiger partial charge on any atom is 0.264 e. The monoisotopic (exact) mass is 729 g/mol. The van der Waals surface area contributed by atoms with Crippen LogP contribution in [0.3, 0.4) is 0 Å². The molecule has 51 heavy (non-hydrogen) atoms. The molecule has 2 N–H and O–H groups in total. The molecule has 6 rings (SSSR count). The summed E-state index contributed by atoms with van der Waals surface area (Å²) in [6.07, 6.45) is 0.130. The molecule has 1 atom stereocenters. The fourth-order valence-corrected chi connectivity index (χ4v) is 6.71. The van der Waals surface area contributed by atoms with Crippen molar-refractivity contribution in [3.8, 4) is 17.0 Å². The molecule has 3 aromatic rings. The van der Waals surface area contributed by atoms with Crippen LogP contribution in [0.5, 0.6) is 5.75 Å². The van der Waals surface area contributed by atoms with Crippen molar-refractivity contribution in [2.75, 3.05) is 89.3 Å². The lowest BCUT2D eigenvalue weighted by Crippen LogP contribution is -2.54. The van der Waals surface area contributed by atoms with Gasteiger partial charge in [-0.2, -0.15) is 4.39 Å².